The van der Waals surface area contributed by atoms with Crippen LogP contribution in [0.4, 0.5) is 5.13 Å². The molecular formula is C9H13N3S. The fraction of sp³-hybridized carbons (Fsp3) is 0.778. The van der Waals surface area contributed by atoms with Crippen LogP contribution in [0.25, 0.3) is 0 Å². The van der Waals surface area contributed by atoms with Crippen molar-refractivity contribution in [2.24, 2.45) is 5.41 Å². The van der Waals surface area contributed by atoms with Crippen LogP contribution in [0, 0.1) is 5.41 Å². The molecule has 2 fully saturated rings. The van der Waals surface area contributed by atoms with Crippen molar-refractivity contribution in [3.05, 3.63) is 6.33 Å². The maximum Gasteiger partial charge on any atom is 0.202 e. The summed E-state index contributed by atoms with van der Waals surface area (Å²) in [5.41, 5.74) is 0.658. The predicted octanol–water partition coefficient (Wildman–Crippen LogP) is 2.28. The Kier molecular flexibility index (Phi) is 1.59. The van der Waals surface area contributed by atoms with Crippen LogP contribution in [-0.2, 0) is 0 Å². The zero-order chi connectivity index (χ0) is 8.73. The highest BCUT2D eigenvalue weighted by atomic mass is 32.1. The fourth-order valence-corrected chi connectivity index (χ4v) is 3.05. The molecule has 4 heteroatoms. The number of hydrogen-bond acceptors (Lipinski definition) is 4. The second-order valence-corrected chi connectivity index (χ2v) is 5.00. The minimum absolute atomic E-state index is 0.658. The van der Waals surface area contributed by atoms with E-state index in [1.165, 1.54) is 43.6 Å². The molecule has 1 atom stereocenters. The summed E-state index contributed by atoms with van der Waals surface area (Å²) in [6, 6.07) is 0.697. The standard InChI is InChI=1S/C9H13N3S/c1-2-4-9(3-1)5-7(9)12-8-10-6-11-13-8/h6-7H,1-5H2,(H,10,11,12). The molecule has 2 saturated carbocycles. The van der Waals surface area contributed by atoms with Crippen LogP contribution in [0.2, 0.25) is 0 Å². The molecule has 0 saturated heterocycles. The molecule has 1 aromatic rings. The summed E-state index contributed by atoms with van der Waals surface area (Å²) in [4.78, 5) is 4.15. The minimum Gasteiger partial charge on any atom is -0.357 e. The van der Waals surface area contributed by atoms with E-state index in [4.69, 9.17) is 0 Å². The van der Waals surface area contributed by atoms with Crippen molar-refractivity contribution >= 4 is 16.7 Å². The van der Waals surface area contributed by atoms with Crippen LogP contribution in [-0.4, -0.2) is 15.4 Å². The van der Waals surface area contributed by atoms with E-state index in [1.54, 1.807) is 6.33 Å². The van der Waals surface area contributed by atoms with E-state index in [0.717, 1.165) is 5.13 Å². The Morgan fingerprint density at radius 3 is 3.00 bits per heavy atom. The number of anilines is 1. The Morgan fingerprint density at radius 1 is 1.46 bits per heavy atom. The van der Waals surface area contributed by atoms with Crippen LogP contribution in [0.5, 0.6) is 0 Å². The third-order valence-corrected chi connectivity index (χ3v) is 4.04. The number of nitrogens with one attached hydrogen (secondary N) is 1. The van der Waals surface area contributed by atoms with Gasteiger partial charge >= 0.3 is 0 Å². The third kappa shape index (κ3) is 1.24. The predicted molar refractivity (Wildman–Crippen MR) is 52.8 cm³/mol. The van der Waals surface area contributed by atoms with Crippen LogP contribution in [0.15, 0.2) is 6.33 Å². The highest BCUT2D eigenvalue weighted by molar-refractivity contribution is 7.09. The molecule has 2 aliphatic rings. The molecular weight excluding hydrogens is 182 g/mol. The number of aromatic nitrogens is 2. The van der Waals surface area contributed by atoms with Gasteiger partial charge in [-0.3, -0.25) is 0 Å². The Morgan fingerprint density at radius 2 is 2.31 bits per heavy atom. The number of hydrogen-bond donors (Lipinski definition) is 1. The molecule has 1 N–H and O–H groups in total. The first kappa shape index (κ1) is 7.74. The Balaban J connectivity index is 1.65. The fourth-order valence-electron chi connectivity index (χ4n) is 2.57. The van der Waals surface area contributed by atoms with Gasteiger partial charge in [0.15, 0.2) is 0 Å². The number of nitrogens with zero attached hydrogens (tertiary/aromatic N) is 2. The molecule has 0 radical (unpaired) electrons. The molecule has 1 heterocycles. The third-order valence-electron chi connectivity index (χ3n) is 3.45. The van der Waals surface area contributed by atoms with Gasteiger partial charge in [-0.25, -0.2) is 4.98 Å². The van der Waals surface area contributed by atoms with E-state index in [-0.39, 0.29) is 0 Å². The van der Waals surface area contributed by atoms with Crippen molar-refractivity contribution in [3.8, 4) is 0 Å². The maximum atomic E-state index is 4.15. The van der Waals surface area contributed by atoms with Gasteiger partial charge in [-0.15, -0.1) is 0 Å². The molecule has 1 unspecified atom stereocenters. The molecule has 0 bridgehead atoms. The second kappa shape index (κ2) is 2.67. The summed E-state index contributed by atoms with van der Waals surface area (Å²) in [6.07, 6.45) is 8.67. The summed E-state index contributed by atoms with van der Waals surface area (Å²) in [7, 11) is 0. The zero-order valence-corrected chi connectivity index (χ0v) is 8.31. The maximum absolute atomic E-state index is 4.15. The van der Waals surface area contributed by atoms with E-state index in [1.807, 2.05) is 0 Å². The monoisotopic (exact) mass is 195 g/mol. The quantitative estimate of drug-likeness (QED) is 0.786. The SMILES string of the molecule is c1nsc(NC2CC23CCCC3)n1. The first-order valence-corrected chi connectivity index (χ1v) is 5.70. The van der Waals surface area contributed by atoms with Gasteiger partial charge in [-0.2, -0.15) is 4.37 Å². The minimum atomic E-state index is 0.658. The van der Waals surface area contributed by atoms with Gasteiger partial charge in [0.05, 0.1) is 0 Å². The average molecular weight is 195 g/mol. The van der Waals surface area contributed by atoms with E-state index in [2.05, 4.69) is 14.7 Å². The smallest absolute Gasteiger partial charge is 0.202 e. The Bertz CT molecular complexity index is 290. The molecule has 3 rings (SSSR count). The van der Waals surface area contributed by atoms with Gasteiger partial charge in [0, 0.05) is 17.6 Å². The zero-order valence-electron chi connectivity index (χ0n) is 7.49. The molecule has 2 aliphatic carbocycles. The van der Waals surface area contributed by atoms with Crippen molar-refractivity contribution in [1.29, 1.82) is 0 Å². The lowest BCUT2D eigenvalue weighted by molar-refractivity contribution is 0.520. The van der Waals surface area contributed by atoms with Crippen LogP contribution >= 0.6 is 11.5 Å². The van der Waals surface area contributed by atoms with Crippen molar-refractivity contribution in [2.75, 3.05) is 5.32 Å². The van der Waals surface area contributed by atoms with Gasteiger partial charge < -0.3 is 5.32 Å². The van der Waals surface area contributed by atoms with Crippen molar-refractivity contribution in [1.82, 2.24) is 9.36 Å². The molecule has 0 aliphatic heterocycles. The van der Waals surface area contributed by atoms with Crippen molar-refractivity contribution in [3.63, 3.8) is 0 Å². The molecule has 13 heavy (non-hydrogen) atoms. The summed E-state index contributed by atoms with van der Waals surface area (Å²) in [5.74, 6) is 0. The van der Waals surface area contributed by atoms with Crippen LogP contribution in [0.1, 0.15) is 32.1 Å². The van der Waals surface area contributed by atoms with Crippen molar-refractivity contribution < 1.29 is 0 Å². The lowest BCUT2D eigenvalue weighted by Crippen LogP contribution is -2.10. The molecule has 1 spiro atoms. The van der Waals surface area contributed by atoms with Gasteiger partial charge in [-0.1, -0.05) is 12.8 Å². The normalized spacial score (nSPS) is 29.4. The lowest BCUT2D eigenvalue weighted by Gasteiger charge is -2.07. The van der Waals surface area contributed by atoms with E-state index in [0.29, 0.717) is 11.5 Å². The van der Waals surface area contributed by atoms with Crippen LogP contribution < -0.4 is 5.32 Å². The largest absolute Gasteiger partial charge is 0.357 e. The first-order chi connectivity index (χ1) is 6.39. The molecule has 1 aromatic heterocycles. The van der Waals surface area contributed by atoms with Gasteiger partial charge in [-0.05, 0) is 24.7 Å². The highest BCUT2D eigenvalue weighted by Crippen LogP contribution is 2.58. The van der Waals surface area contributed by atoms with Gasteiger partial charge in [0.25, 0.3) is 0 Å². The van der Waals surface area contributed by atoms with E-state index < -0.39 is 0 Å². The molecule has 0 amide bonds. The second-order valence-electron chi connectivity index (χ2n) is 4.22. The van der Waals surface area contributed by atoms with Crippen LogP contribution in [0.3, 0.4) is 0 Å². The van der Waals surface area contributed by atoms with E-state index >= 15 is 0 Å². The summed E-state index contributed by atoms with van der Waals surface area (Å²) < 4.78 is 3.99. The topological polar surface area (TPSA) is 37.8 Å². The average Bonchev–Trinajstić information content (AvgIpc) is 2.60. The van der Waals surface area contributed by atoms with Crippen molar-refractivity contribution in [2.45, 2.75) is 38.1 Å². The summed E-state index contributed by atoms with van der Waals surface area (Å²) in [5, 5.41) is 4.47. The number of rotatable bonds is 2. The summed E-state index contributed by atoms with van der Waals surface area (Å²) in [6.45, 7) is 0. The Labute approximate surface area is 81.7 Å². The Hall–Kier alpha value is -0.640. The molecule has 3 nitrogen and oxygen atoms in total. The highest BCUT2D eigenvalue weighted by Gasteiger charge is 2.55. The lowest BCUT2D eigenvalue weighted by atomic mass is 10.1. The van der Waals surface area contributed by atoms with E-state index in [9.17, 15) is 0 Å². The summed E-state index contributed by atoms with van der Waals surface area (Å²) >= 11 is 1.46. The van der Waals surface area contributed by atoms with Gasteiger partial charge in [0.1, 0.15) is 6.33 Å². The molecule has 0 aromatic carbocycles. The van der Waals surface area contributed by atoms with Gasteiger partial charge in [0.2, 0.25) is 5.13 Å². The molecule has 70 valence electrons. The first-order valence-electron chi connectivity index (χ1n) is 4.92.